The van der Waals surface area contributed by atoms with Gasteiger partial charge in [-0.1, -0.05) is 0 Å². The van der Waals surface area contributed by atoms with Crippen LogP contribution in [-0.4, -0.2) is 31.1 Å². The van der Waals surface area contributed by atoms with Gasteiger partial charge in [-0.3, -0.25) is 4.79 Å². The monoisotopic (exact) mass is 314 g/mol. The average Bonchev–Trinajstić information content (AvgIpc) is 2.35. The summed E-state index contributed by atoms with van der Waals surface area (Å²) in [4.78, 5) is 22.1. The summed E-state index contributed by atoms with van der Waals surface area (Å²) < 4.78 is 10.6. The zero-order chi connectivity index (χ0) is 13.7. The van der Waals surface area contributed by atoms with Crippen molar-refractivity contribution in [3.8, 4) is 11.5 Å². The first-order valence-electron chi connectivity index (χ1n) is 4.86. The number of aliphatic carboxylic acids is 1. The molecule has 1 aromatic carbocycles. The number of hydrogen-bond acceptors (Lipinski definition) is 4. The number of benzene rings is 1. The molecule has 18 heavy (non-hydrogen) atoms. The summed E-state index contributed by atoms with van der Waals surface area (Å²) in [7, 11) is 2.93. The van der Waals surface area contributed by atoms with Gasteiger partial charge in [0.25, 0.3) is 0 Å². The summed E-state index contributed by atoms with van der Waals surface area (Å²) in [5.41, 5.74) is 0.296. The van der Waals surface area contributed by atoms with E-state index in [-0.39, 0.29) is 0 Å². The molecule has 0 aromatic heterocycles. The van der Waals surface area contributed by atoms with Gasteiger partial charge in [0.1, 0.15) is 0 Å². The number of halogens is 1. The van der Waals surface area contributed by atoms with Crippen molar-refractivity contribution in [2.75, 3.05) is 14.2 Å². The molecule has 0 radical (unpaired) electrons. The molecule has 1 N–H and O–H groups in total. The van der Waals surface area contributed by atoms with Crippen LogP contribution in [0.3, 0.4) is 0 Å². The third-order valence-electron chi connectivity index (χ3n) is 2.12. The molecule has 0 spiro atoms. The van der Waals surface area contributed by atoms with Crippen LogP contribution >= 0.6 is 15.9 Å². The first kappa shape index (κ1) is 14.2. The van der Waals surface area contributed by atoms with E-state index in [9.17, 15) is 9.59 Å². The molecular weight excluding hydrogens is 304 g/mol. The Balaban J connectivity index is 3.17. The van der Waals surface area contributed by atoms with Crippen molar-refractivity contribution in [2.24, 2.45) is 0 Å². The summed E-state index contributed by atoms with van der Waals surface area (Å²) in [5, 5.41) is 8.47. The molecule has 0 bridgehead atoms. The number of carboxylic acids is 1. The fourth-order valence-corrected chi connectivity index (χ4v) is 1.80. The van der Waals surface area contributed by atoms with Gasteiger partial charge in [0.15, 0.2) is 17.3 Å². The van der Waals surface area contributed by atoms with Crippen LogP contribution < -0.4 is 9.47 Å². The first-order valence-corrected chi connectivity index (χ1v) is 5.65. The molecule has 6 heteroatoms. The topological polar surface area (TPSA) is 72.8 Å². The summed E-state index contributed by atoms with van der Waals surface area (Å²) >= 11 is 3.22. The molecule has 0 aliphatic heterocycles. The number of allylic oxidation sites excluding steroid dienone is 1. The van der Waals surface area contributed by atoms with E-state index in [4.69, 9.17) is 14.6 Å². The van der Waals surface area contributed by atoms with Crippen LogP contribution in [0.1, 0.15) is 10.4 Å². The molecule has 0 unspecified atom stereocenters. The van der Waals surface area contributed by atoms with Crippen LogP contribution in [-0.2, 0) is 4.79 Å². The number of ketones is 1. The molecule has 0 saturated carbocycles. The second-order valence-corrected chi connectivity index (χ2v) is 4.08. The number of carbonyl (C=O) groups excluding carboxylic acids is 1. The summed E-state index contributed by atoms with van der Waals surface area (Å²) in [6.45, 7) is 0. The standard InChI is InChI=1S/C12H11BrO5/c1-17-10-5-7(8(13)6-11(10)18-2)9(14)3-4-12(15)16/h3-6H,1-2H3,(H,15,16)/b4-3+. The lowest BCUT2D eigenvalue weighted by Gasteiger charge is -2.10. The summed E-state index contributed by atoms with van der Waals surface area (Å²) in [6.07, 6.45) is 1.76. The van der Waals surface area contributed by atoms with Crippen LogP contribution in [0, 0.1) is 0 Å². The van der Waals surface area contributed by atoms with E-state index in [2.05, 4.69) is 15.9 Å². The van der Waals surface area contributed by atoms with Crippen LogP contribution in [0.5, 0.6) is 11.5 Å². The maximum absolute atomic E-state index is 11.8. The fourth-order valence-electron chi connectivity index (χ4n) is 1.28. The van der Waals surface area contributed by atoms with Gasteiger partial charge in [0, 0.05) is 16.1 Å². The van der Waals surface area contributed by atoms with Crippen LogP contribution in [0.25, 0.3) is 0 Å². The molecule has 0 aliphatic rings. The lowest BCUT2D eigenvalue weighted by Crippen LogP contribution is -2.00. The SMILES string of the molecule is COc1cc(Br)c(C(=O)/C=C/C(=O)O)cc1OC. The third kappa shape index (κ3) is 3.33. The molecule has 96 valence electrons. The van der Waals surface area contributed by atoms with E-state index in [1.807, 2.05) is 0 Å². The maximum atomic E-state index is 11.8. The van der Waals surface area contributed by atoms with Crippen molar-refractivity contribution >= 4 is 27.7 Å². The molecule has 0 fully saturated rings. The Morgan fingerprint density at radius 1 is 1.17 bits per heavy atom. The maximum Gasteiger partial charge on any atom is 0.328 e. The Kier molecular flexibility index (Phi) is 4.91. The highest BCUT2D eigenvalue weighted by molar-refractivity contribution is 9.10. The number of methoxy groups -OCH3 is 2. The van der Waals surface area contributed by atoms with Crippen molar-refractivity contribution in [1.29, 1.82) is 0 Å². The highest BCUT2D eigenvalue weighted by Gasteiger charge is 2.13. The van der Waals surface area contributed by atoms with Crippen molar-refractivity contribution in [1.82, 2.24) is 0 Å². The zero-order valence-electron chi connectivity index (χ0n) is 9.77. The van der Waals surface area contributed by atoms with Gasteiger partial charge in [-0.15, -0.1) is 0 Å². The van der Waals surface area contributed by atoms with Gasteiger partial charge >= 0.3 is 5.97 Å². The fraction of sp³-hybridized carbons (Fsp3) is 0.167. The normalized spacial score (nSPS) is 10.4. The predicted molar refractivity (Wildman–Crippen MR) is 68.4 cm³/mol. The number of carbonyl (C=O) groups is 2. The number of rotatable bonds is 5. The van der Waals surface area contributed by atoms with E-state index in [0.717, 1.165) is 12.2 Å². The summed E-state index contributed by atoms with van der Waals surface area (Å²) in [5.74, 6) is -0.749. The minimum absolute atomic E-state index is 0.296. The zero-order valence-corrected chi connectivity index (χ0v) is 11.4. The van der Waals surface area contributed by atoms with Crippen molar-refractivity contribution < 1.29 is 24.2 Å². The first-order chi connectivity index (χ1) is 8.49. The average molecular weight is 315 g/mol. The van der Waals surface area contributed by atoms with E-state index >= 15 is 0 Å². The number of hydrogen-bond donors (Lipinski definition) is 1. The van der Waals surface area contributed by atoms with Gasteiger partial charge in [-0.2, -0.15) is 0 Å². The van der Waals surface area contributed by atoms with Gasteiger partial charge in [-0.25, -0.2) is 4.79 Å². The van der Waals surface area contributed by atoms with E-state index in [1.165, 1.54) is 20.3 Å². The molecule has 5 nitrogen and oxygen atoms in total. The molecule has 1 rings (SSSR count). The number of ether oxygens (including phenoxy) is 2. The number of carboxylic acid groups (broad SMARTS) is 1. The molecule has 0 aliphatic carbocycles. The molecule has 0 saturated heterocycles. The predicted octanol–water partition coefficient (Wildman–Crippen LogP) is 2.29. The highest BCUT2D eigenvalue weighted by Crippen LogP contribution is 2.33. The van der Waals surface area contributed by atoms with Gasteiger partial charge in [-0.05, 0) is 34.1 Å². The van der Waals surface area contributed by atoms with E-state index in [1.54, 1.807) is 6.07 Å². The van der Waals surface area contributed by atoms with Crippen molar-refractivity contribution in [3.63, 3.8) is 0 Å². The Labute approximate surface area is 112 Å². The molecular formula is C12H11BrO5. The Morgan fingerprint density at radius 2 is 1.72 bits per heavy atom. The van der Waals surface area contributed by atoms with Crippen LogP contribution in [0.4, 0.5) is 0 Å². The highest BCUT2D eigenvalue weighted by atomic mass is 79.9. The van der Waals surface area contributed by atoms with E-state index in [0.29, 0.717) is 21.5 Å². The summed E-state index contributed by atoms with van der Waals surface area (Å²) in [6, 6.07) is 3.07. The van der Waals surface area contributed by atoms with Crippen LogP contribution in [0.15, 0.2) is 28.8 Å². The Bertz CT molecular complexity index is 507. The Morgan fingerprint density at radius 3 is 2.22 bits per heavy atom. The Hall–Kier alpha value is -1.82. The lowest BCUT2D eigenvalue weighted by atomic mass is 10.1. The van der Waals surface area contributed by atoms with Crippen LogP contribution in [0.2, 0.25) is 0 Å². The molecule has 0 atom stereocenters. The van der Waals surface area contributed by atoms with Gasteiger partial charge in [0.05, 0.1) is 14.2 Å². The van der Waals surface area contributed by atoms with Crippen molar-refractivity contribution in [2.45, 2.75) is 0 Å². The minimum Gasteiger partial charge on any atom is -0.493 e. The quantitative estimate of drug-likeness (QED) is 0.667. The van der Waals surface area contributed by atoms with Gasteiger partial charge in [0.2, 0.25) is 0 Å². The van der Waals surface area contributed by atoms with Crippen molar-refractivity contribution in [3.05, 3.63) is 34.3 Å². The minimum atomic E-state index is -1.18. The lowest BCUT2D eigenvalue weighted by molar-refractivity contribution is -0.131. The molecule has 0 heterocycles. The van der Waals surface area contributed by atoms with Gasteiger partial charge < -0.3 is 14.6 Å². The third-order valence-corrected chi connectivity index (χ3v) is 2.77. The largest absolute Gasteiger partial charge is 0.493 e. The molecule has 0 amide bonds. The second-order valence-electron chi connectivity index (χ2n) is 3.22. The molecule has 1 aromatic rings. The van der Waals surface area contributed by atoms with E-state index < -0.39 is 11.8 Å². The second kappa shape index (κ2) is 6.20. The smallest absolute Gasteiger partial charge is 0.328 e.